The zero-order valence-corrected chi connectivity index (χ0v) is 16.2. The van der Waals surface area contributed by atoms with Gasteiger partial charge in [0.05, 0.1) is 31.2 Å². The minimum Gasteiger partial charge on any atom is -0.497 e. The van der Waals surface area contributed by atoms with Gasteiger partial charge >= 0.3 is 0 Å². The van der Waals surface area contributed by atoms with Gasteiger partial charge in [0.15, 0.2) is 5.11 Å². The highest BCUT2D eigenvalue weighted by molar-refractivity contribution is 7.80. The largest absolute Gasteiger partial charge is 0.497 e. The van der Waals surface area contributed by atoms with Crippen molar-refractivity contribution in [2.75, 3.05) is 25.6 Å². The number of hydrogen-bond acceptors (Lipinski definition) is 5. The summed E-state index contributed by atoms with van der Waals surface area (Å²) in [4.78, 5) is 16.5. The molecule has 1 aromatic carbocycles. The Hall–Kier alpha value is -2.16. The van der Waals surface area contributed by atoms with E-state index in [2.05, 4.69) is 11.9 Å². The van der Waals surface area contributed by atoms with Crippen LogP contribution in [-0.2, 0) is 4.79 Å². The number of aliphatic hydroxyl groups excluding tert-OH is 2. The Kier molecular flexibility index (Phi) is 5.69. The van der Waals surface area contributed by atoms with E-state index in [0.29, 0.717) is 17.4 Å². The quantitative estimate of drug-likeness (QED) is 0.498. The van der Waals surface area contributed by atoms with Crippen molar-refractivity contribution >= 4 is 28.9 Å². The second-order valence-corrected chi connectivity index (χ2v) is 7.33. The lowest BCUT2D eigenvalue weighted by Gasteiger charge is -2.42. The first-order chi connectivity index (χ1) is 12.9. The number of methoxy groups -OCH3 is 1. The van der Waals surface area contributed by atoms with Crippen LogP contribution < -0.4 is 15.0 Å². The molecule has 1 saturated carbocycles. The fourth-order valence-corrected chi connectivity index (χ4v) is 4.30. The second-order valence-electron chi connectivity index (χ2n) is 6.94. The number of carbonyl (C=O) groups is 1. The zero-order chi connectivity index (χ0) is 19.7. The van der Waals surface area contributed by atoms with Gasteiger partial charge < -0.3 is 30.1 Å². The summed E-state index contributed by atoms with van der Waals surface area (Å²) in [6.45, 7) is 4.08. The summed E-state index contributed by atoms with van der Waals surface area (Å²) in [6.07, 6.45) is -0.185. The fraction of sp³-hybridized carbons (Fsp3) is 0.474. The summed E-state index contributed by atoms with van der Waals surface area (Å²) in [5, 5.41) is 24.3. The predicted octanol–water partition coefficient (Wildman–Crippen LogP) is 0.513. The van der Waals surface area contributed by atoms with Crippen LogP contribution in [-0.4, -0.2) is 71.1 Å². The minimum atomic E-state index is -1.01. The monoisotopic (exact) mass is 391 g/mol. The second kappa shape index (κ2) is 7.84. The molecule has 1 aliphatic heterocycles. The van der Waals surface area contributed by atoms with E-state index in [9.17, 15) is 15.0 Å². The molecule has 2 fully saturated rings. The maximum Gasteiger partial charge on any atom is 0.227 e. The molecule has 7 nitrogen and oxygen atoms in total. The van der Waals surface area contributed by atoms with Crippen LogP contribution in [0.25, 0.3) is 0 Å². The summed E-state index contributed by atoms with van der Waals surface area (Å²) >= 11 is 5.50. The summed E-state index contributed by atoms with van der Waals surface area (Å²) in [5.41, 5.74) is 0.800. The molecule has 0 radical (unpaired) electrons. The Balaban J connectivity index is 1.97. The third kappa shape index (κ3) is 3.52. The molecule has 0 bridgehead atoms. The molecule has 3 N–H and O–H groups in total. The van der Waals surface area contributed by atoms with Gasteiger partial charge in [0.2, 0.25) is 5.91 Å². The average Bonchev–Trinajstić information content (AvgIpc) is 3.01. The standard InChI is InChI=1S/C19H25N3O4S/c1-4-9-21(2)18(25)13-10-14(23)17(24)15-16(13)22(19(27)20-15)11-5-7-12(26-3)8-6-11/h4-8,13-17,23-24H,1,9-10H2,2-3H3,(H,20,27). The lowest BCUT2D eigenvalue weighted by Crippen LogP contribution is -2.61. The molecule has 146 valence electrons. The van der Waals surface area contributed by atoms with Crippen LogP contribution in [0.15, 0.2) is 36.9 Å². The molecule has 2 aliphatic rings. The number of benzene rings is 1. The Morgan fingerprint density at radius 1 is 1.44 bits per heavy atom. The molecule has 5 unspecified atom stereocenters. The zero-order valence-electron chi connectivity index (χ0n) is 15.4. The summed E-state index contributed by atoms with van der Waals surface area (Å²) in [7, 11) is 3.30. The van der Waals surface area contributed by atoms with Crippen molar-refractivity contribution in [2.24, 2.45) is 5.92 Å². The van der Waals surface area contributed by atoms with Gasteiger partial charge in [-0.15, -0.1) is 6.58 Å². The Labute approximate surface area is 164 Å². The first-order valence-corrected chi connectivity index (χ1v) is 9.25. The van der Waals surface area contributed by atoms with Crippen molar-refractivity contribution in [2.45, 2.75) is 30.7 Å². The lowest BCUT2D eigenvalue weighted by atomic mass is 9.77. The van der Waals surface area contributed by atoms with Gasteiger partial charge in [-0.25, -0.2) is 0 Å². The van der Waals surface area contributed by atoms with Gasteiger partial charge in [0.1, 0.15) is 11.9 Å². The average molecular weight is 391 g/mol. The first-order valence-electron chi connectivity index (χ1n) is 8.84. The summed E-state index contributed by atoms with van der Waals surface area (Å²) in [5.74, 6) is 0.0834. The number of amides is 1. The number of hydrogen-bond donors (Lipinski definition) is 3. The maximum atomic E-state index is 13.0. The smallest absolute Gasteiger partial charge is 0.227 e. The minimum absolute atomic E-state index is 0.110. The van der Waals surface area contributed by atoms with E-state index in [-0.39, 0.29) is 12.3 Å². The van der Waals surface area contributed by atoms with Crippen LogP contribution in [0.4, 0.5) is 5.69 Å². The van der Waals surface area contributed by atoms with Gasteiger partial charge in [-0.1, -0.05) is 6.08 Å². The van der Waals surface area contributed by atoms with Crippen molar-refractivity contribution in [3.8, 4) is 5.75 Å². The molecule has 1 aromatic rings. The molecule has 1 saturated heterocycles. The van der Waals surface area contributed by atoms with E-state index >= 15 is 0 Å². The molecule has 8 heteroatoms. The summed E-state index contributed by atoms with van der Waals surface area (Å²) < 4.78 is 5.20. The third-order valence-corrected chi connectivity index (χ3v) is 5.61. The topological polar surface area (TPSA) is 85.3 Å². The Morgan fingerprint density at radius 2 is 2.11 bits per heavy atom. The van der Waals surface area contributed by atoms with Crippen molar-refractivity contribution < 1.29 is 19.7 Å². The molecule has 1 amide bonds. The Bertz CT molecular complexity index is 726. The van der Waals surface area contributed by atoms with Gasteiger partial charge in [-0.3, -0.25) is 4.79 Å². The number of anilines is 1. The SMILES string of the molecule is C=CCN(C)C(=O)C1CC(O)C(O)C2NC(=S)N(c3ccc(OC)cc3)C12. The number of fused-ring (bicyclic) bond motifs is 1. The molecule has 1 aliphatic carbocycles. The van der Waals surface area contributed by atoms with Crippen LogP contribution >= 0.6 is 12.2 Å². The van der Waals surface area contributed by atoms with Gasteiger partial charge in [0, 0.05) is 19.3 Å². The number of likely N-dealkylation sites (N-methyl/N-ethyl adjacent to an activating group) is 1. The molecular formula is C19H25N3O4S. The molecule has 5 atom stereocenters. The van der Waals surface area contributed by atoms with Gasteiger partial charge in [0.25, 0.3) is 0 Å². The van der Waals surface area contributed by atoms with E-state index < -0.39 is 30.2 Å². The van der Waals surface area contributed by atoms with E-state index in [1.54, 1.807) is 25.1 Å². The number of ether oxygens (including phenoxy) is 1. The normalized spacial score (nSPS) is 29.7. The highest BCUT2D eigenvalue weighted by atomic mass is 32.1. The van der Waals surface area contributed by atoms with Crippen LogP contribution in [0.3, 0.4) is 0 Å². The van der Waals surface area contributed by atoms with E-state index in [0.717, 1.165) is 5.69 Å². The van der Waals surface area contributed by atoms with Crippen LogP contribution in [0.1, 0.15) is 6.42 Å². The lowest BCUT2D eigenvalue weighted by molar-refractivity contribution is -0.139. The van der Waals surface area contributed by atoms with E-state index in [4.69, 9.17) is 17.0 Å². The molecule has 27 heavy (non-hydrogen) atoms. The first kappa shape index (κ1) is 19.6. The Morgan fingerprint density at radius 3 is 2.70 bits per heavy atom. The number of aliphatic hydroxyl groups is 2. The highest BCUT2D eigenvalue weighted by Crippen LogP contribution is 2.37. The fourth-order valence-electron chi connectivity index (χ4n) is 3.94. The van der Waals surface area contributed by atoms with Crippen molar-refractivity contribution in [3.05, 3.63) is 36.9 Å². The number of rotatable bonds is 5. The summed E-state index contributed by atoms with van der Waals surface area (Å²) in [6, 6.07) is 6.43. The molecule has 0 spiro atoms. The molecule has 0 aromatic heterocycles. The molecular weight excluding hydrogens is 366 g/mol. The molecule has 1 heterocycles. The van der Waals surface area contributed by atoms with Crippen molar-refractivity contribution in [3.63, 3.8) is 0 Å². The number of nitrogens with one attached hydrogen (secondary N) is 1. The van der Waals surface area contributed by atoms with Crippen molar-refractivity contribution in [1.82, 2.24) is 10.2 Å². The third-order valence-electron chi connectivity index (χ3n) is 5.29. The van der Waals surface area contributed by atoms with E-state index in [1.165, 1.54) is 0 Å². The number of carbonyl (C=O) groups excluding carboxylic acids is 1. The molecule has 3 rings (SSSR count). The predicted molar refractivity (Wildman–Crippen MR) is 107 cm³/mol. The highest BCUT2D eigenvalue weighted by Gasteiger charge is 2.54. The van der Waals surface area contributed by atoms with E-state index in [1.807, 2.05) is 29.2 Å². The van der Waals surface area contributed by atoms with Crippen LogP contribution in [0, 0.1) is 5.92 Å². The van der Waals surface area contributed by atoms with Crippen LogP contribution in [0.5, 0.6) is 5.75 Å². The van der Waals surface area contributed by atoms with Gasteiger partial charge in [-0.05, 0) is 42.9 Å². The maximum absolute atomic E-state index is 13.0. The van der Waals surface area contributed by atoms with Crippen LogP contribution in [0.2, 0.25) is 0 Å². The number of thiocarbonyl (C=S) groups is 1. The van der Waals surface area contributed by atoms with Gasteiger partial charge in [-0.2, -0.15) is 0 Å². The van der Waals surface area contributed by atoms with Crippen molar-refractivity contribution in [1.29, 1.82) is 0 Å². The number of nitrogens with zero attached hydrogens (tertiary/aromatic N) is 2.